The molecule has 2 aliphatic rings. The number of rotatable bonds is 10. The summed E-state index contributed by atoms with van der Waals surface area (Å²) in [7, 11) is 0. The maximum Gasteiger partial charge on any atom is 0.326 e. The number of nitrogens with zero attached hydrogens (tertiary/aromatic N) is 2. The molecule has 0 radical (unpaired) electrons. The third-order valence-corrected chi connectivity index (χ3v) is 6.55. The van der Waals surface area contributed by atoms with E-state index >= 15 is 0 Å². The van der Waals surface area contributed by atoms with Gasteiger partial charge in [-0.25, -0.2) is 4.79 Å². The lowest BCUT2D eigenvalue weighted by Gasteiger charge is -2.32. The van der Waals surface area contributed by atoms with Crippen LogP contribution < -0.4 is 11.1 Å². The first-order valence-electron chi connectivity index (χ1n) is 11.8. The van der Waals surface area contributed by atoms with Crippen LogP contribution in [0.25, 0.3) is 0 Å². The zero-order chi connectivity index (χ0) is 25.5. The highest BCUT2D eigenvalue weighted by Gasteiger charge is 2.43. The minimum atomic E-state index is -1.10. The van der Waals surface area contributed by atoms with Gasteiger partial charge in [-0.1, -0.05) is 30.3 Å². The van der Waals surface area contributed by atoms with E-state index in [1.807, 2.05) is 18.2 Å². The second-order valence-electron chi connectivity index (χ2n) is 9.01. The van der Waals surface area contributed by atoms with Gasteiger partial charge in [0.15, 0.2) is 0 Å². The molecule has 2 fully saturated rings. The SMILES string of the molecule is NC(CCC(=O)O)C(=O)NC(Cc1ccccc1)C(=O)N1CCCC1C(=O)N1CCCC1C(=O)O. The lowest BCUT2D eigenvalue weighted by molar-refractivity contribution is -0.152. The summed E-state index contributed by atoms with van der Waals surface area (Å²) >= 11 is 0. The molecule has 2 heterocycles. The number of nitrogens with two attached hydrogens (primary N) is 1. The lowest BCUT2D eigenvalue weighted by atomic mass is 10.0. The molecule has 2 aliphatic heterocycles. The van der Waals surface area contributed by atoms with Gasteiger partial charge in [-0.15, -0.1) is 0 Å². The molecule has 1 aromatic rings. The Kier molecular flexibility index (Phi) is 8.80. The monoisotopic (exact) mass is 488 g/mol. The number of carbonyl (C=O) groups is 5. The summed E-state index contributed by atoms with van der Waals surface area (Å²) in [4.78, 5) is 64.7. The quantitative estimate of drug-likeness (QED) is 0.356. The Labute approximate surface area is 203 Å². The van der Waals surface area contributed by atoms with Gasteiger partial charge in [0, 0.05) is 25.9 Å². The third kappa shape index (κ3) is 6.56. The molecule has 0 spiro atoms. The van der Waals surface area contributed by atoms with Crippen LogP contribution in [0.5, 0.6) is 0 Å². The fourth-order valence-corrected chi connectivity index (χ4v) is 4.70. The highest BCUT2D eigenvalue weighted by molar-refractivity contribution is 5.95. The number of aliphatic carboxylic acids is 2. The van der Waals surface area contributed by atoms with Crippen molar-refractivity contribution in [3.05, 3.63) is 35.9 Å². The number of amides is 3. The van der Waals surface area contributed by atoms with E-state index in [2.05, 4.69) is 5.32 Å². The standard InChI is InChI=1S/C24H32N4O7/c25-16(10-11-20(29)30)21(31)26-17(14-15-6-2-1-3-7-15)22(32)27-12-4-8-18(27)23(33)28-13-5-9-19(28)24(34)35/h1-3,6-7,16-19H,4-5,8-14,25H2,(H,26,31)(H,29,30)(H,34,35). The highest BCUT2D eigenvalue weighted by Crippen LogP contribution is 2.26. The number of carbonyl (C=O) groups excluding carboxylic acids is 3. The van der Waals surface area contributed by atoms with E-state index in [4.69, 9.17) is 10.8 Å². The number of hydrogen-bond acceptors (Lipinski definition) is 6. The molecule has 0 saturated carbocycles. The average Bonchev–Trinajstić information content (AvgIpc) is 3.52. The molecule has 4 atom stereocenters. The van der Waals surface area contributed by atoms with Gasteiger partial charge in [0.25, 0.3) is 0 Å². The van der Waals surface area contributed by atoms with Crippen molar-refractivity contribution in [2.75, 3.05) is 13.1 Å². The fourth-order valence-electron chi connectivity index (χ4n) is 4.70. The van der Waals surface area contributed by atoms with Crippen LogP contribution in [-0.2, 0) is 30.4 Å². The average molecular weight is 489 g/mol. The van der Waals surface area contributed by atoms with Crippen LogP contribution in [0.2, 0.25) is 0 Å². The molecular formula is C24H32N4O7. The summed E-state index contributed by atoms with van der Waals surface area (Å²) in [6, 6.07) is 5.25. The number of carboxylic acid groups (broad SMARTS) is 2. The predicted octanol–water partition coefficient (Wildman–Crippen LogP) is -0.0274. The van der Waals surface area contributed by atoms with Crippen LogP contribution in [0.15, 0.2) is 30.3 Å². The summed E-state index contributed by atoms with van der Waals surface area (Å²) in [6.45, 7) is 0.643. The molecule has 3 amide bonds. The van der Waals surface area contributed by atoms with Gasteiger partial charge in [0.1, 0.15) is 18.1 Å². The van der Waals surface area contributed by atoms with Crippen LogP contribution in [0, 0.1) is 0 Å². The number of likely N-dealkylation sites (tertiary alicyclic amines) is 2. The fraction of sp³-hybridized carbons (Fsp3) is 0.542. The Morgan fingerprint density at radius 3 is 2.23 bits per heavy atom. The van der Waals surface area contributed by atoms with Crippen LogP contribution in [-0.4, -0.2) is 86.9 Å². The van der Waals surface area contributed by atoms with E-state index in [1.165, 1.54) is 9.80 Å². The second-order valence-corrected chi connectivity index (χ2v) is 9.01. The maximum atomic E-state index is 13.6. The van der Waals surface area contributed by atoms with Crippen molar-refractivity contribution in [3.63, 3.8) is 0 Å². The van der Waals surface area contributed by atoms with E-state index in [-0.39, 0.29) is 25.2 Å². The van der Waals surface area contributed by atoms with Crippen molar-refractivity contribution in [1.29, 1.82) is 0 Å². The summed E-state index contributed by atoms with van der Waals surface area (Å²) in [5.41, 5.74) is 6.64. The Balaban J connectivity index is 1.77. The second kappa shape index (κ2) is 11.8. The topological polar surface area (TPSA) is 170 Å². The molecule has 0 bridgehead atoms. The first kappa shape index (κ1) is 26.1. The molecule has 2 saturated heterocycles. The maximum absolute atomic E-state index is 13.6. The molecule has 3 rings (SSSR count). The molecule has 5 N–H and O–H groups in total. The third-order valence-electron chi connectivity index (χ3n) is 6.55. The van der Waals surface area contributed by atoms with Gasteiger partial charge in [-0.05, 0) is 37.7 Å². The lowest BCUT2D eigenvalue weighted by Crippen LogP contribution is -2.57. The van der Waals surface area contributed by atoms with Gasteiger partial charge in [0.2, 0.25) is 17.7 Å². The van der Waals surface area contributed by atoms with Crippen LogP contribution in [0.4, 0.5) is 0 Å². The summed E-state index contributed by atoms with van der Waals surface area (Å²) in [5, 5.41) is 21.0. The van der Waals surface area contributed by atoms with Crippen molar-refractivity contribution < 1.29 is 34.2 Å². The van der Waals surface area contributed by atoms with Gasteiger partial charge in [-0.3, -0.25) is 19.2 Å². The largest absolute Gasteiger partial charge is 0.481 e. The summed E-state index contributed by atoms with van der Waals surface area (Å²) in [6.07, 6.45) is 1.76. The van der Waals surface area contributed by atoms with Crippen molar-refractivity contribution >= 4 is 29.7 Å². The van der Waals surface area contributed by atoms with Gasteiger partial charge >= 0.3 is 11.9 Å². The Morgan fingerprint density at radius 2 is 1.60 bits per heavy atom. The number of hydrogen-bond donors (Lipinski definition) is 4. The van der Waals surface area contributed by atoms with E-state index in [0.717, 1.165) is 5.56 Å². The predicted molar refractivity (Wildman–Crippen MR) is 124 cm³/mol. The van der Waals surface area contributed by atoms with Gasteiger partial charge < -0.3 is 31.1 Å². The first-order chi connectivity index (χ1) is 16.7. The van der Waals surface area contributed by atoms with Crippen LogP contribution >= 0.6 is 0 Å². The van der Waals surface area contributed by atoms with Crippen molar-refractivity contribution in [2.24, 2.45) is 5.73 Å². The van der Waals surface area contributed by atoms with Crippen molar-refractivity contribution in [2.45, 2.75) is 69.1 Å². The molecule has 190 valence electrons. The molecule has 1 aromatic carbocycles. The summed E-state index contributed by atoms with van der Waals surface area (Å²) in [5.74, 6) is -3.62. The molecular weight excluding hydrogens is 456 g/mol. The van der Waals surface area contributed by atoms with Gasteiger partial charge in [-0.2, -0.15) is 0 Å². The molecule has 4 unspecified atom stereocenters. The van der Waals surface area contributed by atoms with E-state index < -0.39 is 47.9 Å². The normalized spacial score (nSPS) is 21.4. The molecule has 11 nitrogen and oxygen atoms in total. The zero-order valence-corrected chi connectivity index (χ0v) is 19.5. The van der Waals surface area contributed by atoms with E-state index in [0.29, 0.717) is 38.8 Å². The smallest absolute Gasteiger partial charge is 0.326 e. The van der Waals surface area contributed by atoms with Gasteiger partial charge in [0.05, 0.1) is 6.04 Å². The van der Waals surface area contributed by atoms with Crippen molar-refractivity contribution in [1.82, 2.24) is 15.1 Å². The van der Waals surface area contributed by atoms with Crippen LogP contribution in [0.3, 0.4) is 0 Å². The number of nitrogens with one attached hydrogen (secondary N) is 1. The molecule has 35 heavy (non-hydrogen) atoms. The van der Waals surface area contributed by atoms with E-state index in [1.54, 1.807) is 12.1 Å². The summed E-state index contributed by atoms with van der Waals surface area (Å²) < 4.78 is 0. The number of benzene rings is 1. The molecule has 0 aromatic heterocycles. The Bertz CT molecular complexity index is 954. The first-order valence-corrected chi connectivity index (χ1v) is 11.8. The van der Waals surface area contributed by atoms with Crippen molar-refractivity contribution in [3.8, 4) is 0 Å². The highest BCUT2D eigenvalue weighted by atomic mass is 16.4. The minimum absolute atomic E-state index is 0.0796. The van der Waals surface area contributed by atoms with E-state index in [9.17, 15) is 29.1 Å². The Morgan fingerprint density at radius 1 is 0.971 bits per heavy atom. The van der Waals surface area contributed by atoms with Crippen LogP contribution in [0.1, 0.15) is 44.1 Å². The molecule has 0 aliphatic carbocycles. The Hall–Kier alpha value is -3.47. The zero-order valence-electron chi connectivity index (χ0n) is 19.5. The number of carboxylic acids is 2. The minimum Gasteiger partial charge on any atom is -0.481 e. The molecule has 11 heteroatoms.